The third-order valence-electron chi connectivity index (χ3n) is 4.17. The minimum atomic E-state index is -3.90. The lowest BCUT2D eigenvalue weighted by Crippen LogP contribution is -2.17. The van der Waals surface area contributed by atoms with Crippen LogP contribution >= 0.6 is 23.4 Å². The molecule has 7 nitrogen and oxygen atoms in total. The molecule has 1 heterocycles. The van der Waals surface area contributed by atoms with E-state index in [1.807, 2.05) is 19.9 Å². The fraction of sp³-hybridized carbons (Fsp3) is 0.190. The van der Waals surface area contributed by atoms with Crippen molar-refractivity contribution in [2.45, 2.75) is 30.8 Å². The van der Waals surface area contributed by atoms with Gasteiger partial charge < -0.3 is 5.32 Å². The fourth-order valence-corrected chi connectivity index (χ4v) is 5.14. The van der Waals surface area contributed by atoms with Gasteiger partial charge in [0.05, 0.1) is 21.4 Å². The van der Waals surface area contributed by atoms with Crippen molar-refractivity contribution in [3.8, 4) is 0 Å². The first-order valence-corrected chi connectivity index (χ1v) is 12.1. The number of anilines is 2. The Morgan fingerprint density at radius 2 is 1.71 bits per heavy atom. The number of rotatable bonds is 7. The highest BCUT2D eigenvalue weighted by molar-refractivity contribution is 7.99. The molecular weight excluding hydrogens is 456 g/mol. The number of carbonyl (C=O) groups excluding carboxylic acids is 1. The van der Waals surface area contributed by atoms with Crippen LogP contribution in [0.4, 0.5) is 11.4 Å². The maximum Gasteiger partial charge on any atom is 0.262 e. The van der Waals surface area contributed by atoms with Crippen LogP contribution in [0.3, 0.4) is 0 Å². The molecule has 0 fully saturated rings. The van der Waals surface area contributed by atoms with Crippen molar-refractivity contribution in [1.29, 1.82) is 0 Å². The molecule has 0 aliphatic heterocycles. The van der Waals surface area contributed by atoms with E-state index in [4.69, 9.17) is 11.6 Å². The molecule has 0 unspecified atom stereocenters. The average molecular weight is 477 g/mol. The van der Waals surface area contributed by atoms with Gasteiger partial charge in [-0.1, -0.05) is 41.6 Å². The molecule has 0 spiro atoms. The van der Waals surface area contributed by atoms with Crippen molar-refractivity contribution in [1.82, 2.24) is 9.97 Å². The van der Waals surface area contributed by atoms with Crippen LogP contribution in [0.15, 0.2) is 58.6 Å². The van der Waals surface area contributed by atoms with E-state index in [0.717, 1.165) is 11.4 Å². The number of aromatic nitrogens is 2. The van der Waals surface area contributed by atoms with E-state index >= 15 is 0 Å². The molecule has 1 amide bonds. The summed E-state index contributed by atoms with van der Waals surface area (Å²) in [6, 6.07) is 13.1. The van der Waals surface area contributed by atoms with Gasteiger partial charge in [0, 0.05) is 17.1 Å². The zero-order chi connectivity index (χ0) is 22.6. The molecule has 0 atom stereocenters. The van der Waals surface area contributed by atoms with Crippen molar-refractivity contribution < 1.29 is 13.2 Å². The summed E-state index contributed by atoms with van der Waals surface area (Å²) >= 11 is 7.28. The number of para-hydroxylation sites is 1. The van der Waals surface area contributed by atoms with E-state index in [1.165, 1.54) is 17.8 Å². The number of nitrogens with zero attached hydrogens (tertiary/aromatic N) is 2. The van der Waals surface area contributed by atoms with E-state index in [0.29, 0.717) is 21.4 Å². The number of amides is 1. The molecule has 31 heavy (non-hydrogen) atoms. The molecule has 0 aliphatic carbocycles. The van der Waals surface area contributed by atoms with Gasteiger partial charge in [-0.2, -0.15) is 0 Å². The molecule has 3 rings (SSSR count). The van der Waals surface area contributed by atoms with Crippen LogP contribution in [0.25, 0.3) is 0 Å². The lowest BCUT2D eigenvalue weighted by Gasteiger charge is -2.13. The van der Waals surface area contributed by atoms with E-state index in [9.17, 15) is 13.2 Å². The highest BCUT2D eigenvalue weighted by atomic mass is 35.5. The highest BCUT2D eigenvalue weighted by Crippen LogP contribution is 2.27. The number of nitrogens with one attached hydrogen (secondary N) is 2. The summed E-state index contributed by atoms with van der Waals surface area (Å²) in [4.78, 5) is 21.0. The Hall–Kier alpha value is -2.62. The Morgan fingerprint density at radius 1 is 1.03 bits per heavy atom. The normalized spacial score (nSPS) is 11.2. The summed E-state index contributed by atoms with van der Waals surface area (Å²) in [7, 11) is -3.90. The van der Waals surface area contributed by atoms with Crippen molar-refractivity contribution in [2.75, 3.05) is 15.8 Å². The number of halogens is 1. The molecule has 2 N–H and O–H groups in total. The number of carbonyl (C=O) groups is 1. The van der Waals surface area contributed by atoms with Gasteiger partial charge in [-0.05, 0) is 56.7 Å². The van der Waals surface area contributed by atoms with E-state index in [-0.39, 0.29) is 22.2 Å². The Morgan fingerprint density at radius 3 is 2.39 bits per heavy atom. The van der Waals surface area contributed by atoms with Gasteiger partial charge in [0.2, 0.25) is 5.91 Å². The number of sulfonamides is 1. The second kappa shape index (κ2) is 9.67. The van der Waals surface area contributed by atoms with Crippen LogP contribution in [-0.4, -0.2) is 30.0 Å². The monoisotopic (exact) mass is 476 g/mol. The Kier molecular flexibility index (Phi) is 7.19. The quantitative estimate of drug-likeness (QED) is 0.382. The molecule has 1 aromatic heterocycles. The van der Waals surface area contributed by atoms with Crippen molar-refractivity contribution in [3.05, 3.63) is 70.5 Å². The molecule has 3 aromatic rings. The molecule has 0 saturated carbocycles. The second-order valence-electron chi connectivity index (χ2n) is 6.84. The van der Waals surface area contributed by atoms with Gasteiger partial charge in [0.25, 0.3) is 10.0 Å². The van der Waals surface area contributed by atoms with Crippen LogP contribution in [-0.2, 0) is 14.8 Å². The predicted octanol–water partition coefficient (Wildman–Crippen LogP) is 4.59. The largest absolute Gasteiger partial charge is 0.325 e. The molecule has 0 radical (unpaired) electrons. The van der Waals surface area contributed by atoms with E-state index in [2.05, 4.69) is 20.0 Å². The fourth-order valence-electron chi connectivity index (χ4n) is 2.80. The number of aryl methyl sites for hydroxylation is 3. The van der Waals surface area contributed by atoms with Crippen LogP contribution in [0.1, 0.15) is 17.0 Å². The van der Waals surface area contributed by atoms with Crippen molar-refractivity contribution in [2.24, 2.45) is 0 Å². The van der Waals surface area contributed by atoms with Crippen LogP contribution in [0.5, 0.6) is 0 Å². The van der Waals surface area contributed by atoms with E-state index < -0.39 is 10.0 Å². The first-order valence-electron chi connectivity index (χ1n) is 9.27. The SMILES string of the molecule is Cc1cc(C)nc(SCC(=O)Nc2ccc(C)c(S(=O)(=O)Nc3ccccc3Cl)c2)n1. The van der Waals surface area contributed by atoms with Gasteiger partial charge >= 0.3 is 0 Å². The van der Waals surface area contributed by atoms with Gasteiger partial charge in [-0.15, -0.1) is 0 Å². The number of hydrogen-bond donors (Lipinski definition) is 2. The summed E-state index contributed by atoms with van der Waals surface area (Å²) in [6.07, 6.45) is 0. The molecule has 0 saturated heterocycles. The average Bonchev–Trinajstić information content (AvgIpc) is 2.69. The van der Waals surface area contributed by atoms with Crippen LogP contribution in [0.2, 0.25) is 5.02 Å². The van der Waals surface area contributed by atoms with Gasteiger partial charge in [0.1, 0.15) is 0 Å². The van der Waals surface area contributed by atoms with Gasteiger partial charge in [0.15, 0.2) is 5.16 Å². The highest BCUT2D eigenvalue weighted by Gasteiger charge is 2.19. The molecule has 162 valence electrons. The summed E-state index contributed by atoms with van der Waals surface area (Å²) < 4.78 is 28.3. The smallest absolute Gasteiger partial charge is 0.262 e. The zero-order valence-electron chi connectivity index (χ0n) is 17.1. The number of thioether (sulfide) groups is 1. The number of hydrogen-bond acceptors (Lipinski definition) is 6. The molecular formula is C21H21ClN4O3S2. The van der Waals surface area contributed by atoms with Crippen molar-refractivity contribution >= 4 is 50.7 Å². The topological polar surface area (TPSA) is 101 Å². The number of benzene rings is 2. The standard InChI is InChI=1S/C21H21ClN4O3S2/c1-13-8-9-16(25-20(27)12-30-21-23-14(2)10-15(3)24-21)11-19(13)31(28,29)26-18-7-5-4-6-17(18)22/h4-11,26H,12H2,1-3H3,(H,25,27). The first kappa shape index (κ1) is 23.1. The maximum absolute atomic E-state index is 12.9. The second-order valence-corrected chi connectivity index (χ2v) is 9.84. The van der Waals surface area contributed by atoms with Crippen molar-refractivity contribution in [3.63, 3.8) is 0 Å². The maximum atomic E-state index is 12.9. The third-order valence-corrected chi connectivity index (χ3v) is 6.86. The van der Waals surface area contributed by atoms with Gasteiger partial charge in [-0.3, -0.25) is 9.52 Å². The predicted molar refractivity (Wildman–Crippen MR) is 124 cm³/mol. The Balaban J connectivity index is 1.72. The minimum Gasteiger partial charge on any atom is -0.325 e. The zero-order valence-corrected chi connectivity index (χ0v) is 19.5. The summed E-state index contributed by atoms with van der Waals surface area (Å²) in [5.74, 6) is -0.199. The van der Waals surface area contributed by atoms with E-state index in [1.54, 1.807) is 43.3 Å². The molecule has 2 aromatic carbocycles. The first-order chi connectivity index (χ1) is 14.6. The lowest BCUT2D eigenvalue weighted by molar-refractivity contribution is -0.113. The van der Waals surface area contributed by atoms with Gasteiger partial charge in [-0.25, -0.2) is 18.4 Å². The van der Waals surface area contributed by atoms with Crippen LogP contribution in [0, 0.1) is 20.8 Å². The molecule has 10 heteroatoms. The third kappa shape index (κ3) is 6.19. The summed E-state index contributed by atoms with van der Waals surface area (Å²) in [5, 5.41) is 3.53. The molecule has 0 bridgehead atoms. The Bertz CT molecular complexity index is 1210. The Labute approximate surface area is 190 Å². The minimum absolute atomic E-state index is 0.0514. The van der Waals surface area contributed by atoms with Crippen LogP contribution < -0.4 is 10.0 Å². The molecule has 0 aliphatic rings. The summed E-state index contributed by atoms with van der Waals surface area (Å²) in [6.45, 7) is 5.41. The summed E-state index contributed by atoms with van der Waals surface area (Å²) in [5.41, 5.74) is 2.85. The lowest BCUT2D eigenvalue weighted by atomic mass is 10.2.